The van der Waals surface area contributed by atoms with Crippen molar-refractivity contribution in [2.75, 3.05) is 0 Å². The Labute approximate surface area is 75.7 Å². The van der Waals surface area contributed by atoms with Gasteiger partial charge in [-0.25, -0.2) is 8.78 Å². The highest BCUT2D eigenvalue weighted by atomic mass is 79.9. The molecule has 0 spiro atoms. The lowest BCUT2D eigenvalue weighted by Gasteiger charge is -1.96. The lowest BCUT2D eigenvalue weighted by Crippen LogP contribution is -1.82. The normalized spacial score (nSPS) is 9.73. The first-order valence-corrected chi connectivity index (χ1v) is 3.79. The third-order valence-corrected chi connectivity index (χ3v) is 2.04. The summed E-state index contributed by atoms with van der Waals surface area (Å²) in [5.41, 5.74) is 0.109. The maximum Gasteiger partial charge on any atom is 0.142 e. The van der Waals surface area contributed by atoms with Gasteiger partial charge in [0.05, 0.1) is 10.2 Å². The molecule has 0 saturated carbocycles. The van der Waals surface area contributed by atoms with Crippen LogP contribution in [0, 0.1) is 11.6 Å². The number of hydrogen-bond acceptors (Lipinski definition) is 2. The topological polar surface area (TPSA) is 12.4 Å². The van der Waals surface area contributed by atoms with Gasteiger partial charge in [-0.3, -0.25) is 0 Å². The molecule has 0 N–H and O–H groups in total. The second kappa shape index (κ2) is 3.32. The zero-order valence-corrected chi connectivity index (χ0v) is 7.55. The summed E-state index contributed by atoms with van der Waals surface area (Å²) < 4.78 is 28.3. The molecule has 0 unspecified atom stereocenters. The quantitative estimate of drug-likeness (QED) is 0.685. The highest BCUT2D eigenvalue weighted by Gasteiger charge is 2.06. The van der Waals surface area contributed by atoms with Crippen LogP contribution in [0.5, 0.6) is 0 Å². The maximum absolute atomic E-state index is 12.6. The Balaban J connectivity index is 3.31. The van der Waals surface area contributed by atoms with E-state index in [9.17, 15) is 8.78 Å². The van der Waals surface area contributed by atoms with Crippen molar-refractivity contribution in [2.45, 2.75) is 0 Å². The number of hydrogen-bond donors (Lipinski definition) is 0. The van der Waals surface area contributed by atoms with Crippen LogP contribution < -0.4 is 0 Å². The zero-order chi connectivity index (χ0) is 8.43. The molecular formula is C6H2BrF2NS. The molecule has 0 aliphatic carbocycles. The monoisotopic (exact) mass is 237 g/mol. The van der Waals surface area contributed by atoms with Crippen molar-refractivity contribution in [1.82, 2.24) is 0 Å². The Morgan fingerprint density at radius 3 is 2.09 bits per heavy atom. The Kier molecular flexibility index (Phi) is 2.62. The summed E-state index contributed by atoms with van der Waals surface area (Å²) in [4.78, 5) is 0. The van der Waals surface area contributed by atoms with Crippen LogP contribution in [-0.2, 0) is 12.4 Å². The van der Waals surface area contributed by atoms with E-state index in [2.05, 4.69) is 32.7 Å². The molecule has 0 aromatic heterocycles. The molecule has 0 amide bonds. The van der Waals surface area contributed by atoms with Crippen LogP contribution in [0.15, 0.2) is 21.0 Å². The summed E-state index contributed by atoms with van der Waals surface area (Å²) in [5.74, 6) is -1.40. The fourth-order valence-electron chi connectivity index (χ4n) is 0.595. The highest BCUT2D eigenvalue weighted by Crippen LogP contribution is 2.24. The Morgan fingerprint density at radius 2 is 1.73 bits per heavy atom. The van der Waals surface area contributed by atoms with Gasteiger partial charge in [-0.2, -0.15) is 4.36 Å². The molecule has 1 nitrogen and oxygen atoms in total. The van der Waals surface area contributed by atoms with E-state index in [0.29, 0.717) is 0 Å². The maximum atomic E-state index is 12.6. The molecule has 5 heteroatoms. The average Bonchev–Trinajstić information content (AvgIpc) is 1.99. The minimum atomic E-state index is -0.700. The van der Waals surface area contributed by atoms with E-state index < -0.39 is 11.6 Å². The third kappa shape index (κ3) is 1.78. The van der Waals surface area contributed by atoms with Gasteiger partial charge in [0.1, 0.15) is 11.6 Å². The van der Waals surface area contributed by atoms with Gasteiger partial charge in [-0.1, -0.05) is 0 Å². The molecule has 0 radical (unpaired) electrons. The van der Waals surface area contributed by atoms with E-state index in [-0.39, 0.29) is 10.2 Å². The number of benzene rings is 1. The first-order chi connectivity index (χ1) is 5.15. The van der Waals surface area contributed by atoms with Gasteiger partial charge in [-0.15, -0.1) is 0 Å². The van der Waals surface area contributed by atoms with Crippen LogP contribution in [0.4, 0.5) is 14.5 Å². The number of halogens is 3. The molecular weight excluding hydrogens is 236 g/mol. The molecule has 0 fully saturated rings. The van der Waals surface area contributed by atoms with Gasteiger partial charge in [0.15, 0.2) is 0 Å². The molecule has 0 aliphatic rings. The van der Waals surface area contributed by atoms with Crippen LogP contribution in [0.1, 0.15) is 0 Å². The predicted molar refractivity (Wildman–Crippen MR) is 43.5 cm³/mol. The van der Waals surface area contributed by atoms with E-state index >= 15 is 0 Å². The lowest BCUT2D eigenvalue weighted by atomic mass is 10.3. The highest BCUT2D eigenvalue weighted by molar-refractivity contribution is 9.10. The predicted octanol–water partition coefficient (Wildman–Crippen LogP) is 3.09. The van der Waals surface area contributed by atoms with Crippen molar-refractivity contribution >= 4 is 34.0 Å². The molecule has 0 heterocycles. The average molecular weight is 238 g/mol. The van der Waals surface area contributed by atoms with Gasteiger partial charge in [0.2, 0.25) is 0 Å². The van der Waals surface area contributed by atoms with E-state index in [4.69, 9.17) is 0 Å². The van der Waals surface area contributed by atoms with E-state index in [1.807, 2.05) is 0 Å². The summed E-state index contributed by atoms with van der Waals surface area (Å²) >= 11 is 6.97. The van der Waals surface area contributed by atoms with Gasteiger partial charge in [-0.05, 0) is 15.9 Å². The van der Waals surface area contributed by atoms with Crippen molar-refractivity contribution in [3.63, 3.8) is 0 Å². The Bertz CT molecular complexity index is 280. The smallest absolute Gasteiger partial charge is 0.142 e. The van der Waals surface area contributed by atoms with E-state index in [1.165, 1.54) is 0 Å². The second-order valence-electron chi connectivity index (χ2n) is 1.81. The first-order valence-electron chi connectivity index (χ1n) is 2.63. The second-order valence-corrected chi connectivity index (χ2v) is 2.79. The summed E-state index contributed by atoms with van der Waals surface area (Å²) in [6.45, 7) is 0. The van der Waals surface area contributed by atoms with Gasteiger partial charge in [0, 0.05) is 24.6 Å². The summed E-state index contributed by atoms with van der Waals surface area (Å²) in [5, 5.41) is 0. The van der Waals surface area contributed by atoms with Gasteiger partial charge in [0.25, 0.3) is 0 Å². The van der Waals surface area contributed by atoms with Crippen molar-refractivity contribution < 1.29 is 8.78 Å². The van der Waals surface area contributed by atoms with Crippen LogP contribution in [-0.4, -0.2) is 0 Å². The number of rotatable bonds is 1. The third-order valence-electron chi connectivity index (χ3n) is 1.07. The van der Waals surface area contributed by atoms with E-state index in [1.54, 1.807) is 0 Å². The van der Waals surface area contributed by atoms with Gasteiger partial charge >= 0.3 is 0 Å². The molecule has 0 saturated heterocycles. The van der Waals surface area contributed by atoms with Crippen molar-refractivity contribution in [3.8, 4) is 0 Å². The van der Waals surface area contributed by atoms with Crippen LogP contribution in [0.2, 0.25) is 0 Å². The van der Waals surface area contributed by atoms with Crippen LogP contribution >= 0.6 is 15.9 Å². The van der Waals surface area contributed by atoms with Crippen molar-refractivity contribution in [1.29, 1.82) is 0 Å². The summed E-state index contributed by atoms with van der Waals surface area (Å²) in [6, 6.07) is 2.11. The minimum absolute atomic E-state index is 0.109. The molecule has 0 aliphatic heterocycles. The summed E-state index contributed by atoms with van der Waals surface area (Å²) in [6.07, 6.45) is 0. The van der Waals surface area contributed by atoms with E-state index in [0.717, 1.165) is 12.1 Å². The summed E-state index contributed by atoms with van der Waals surface area (Å²) in [7, 11) is 0. The fraction of sp³-hybridized carbons (Fsp3) is 0. The lowest BCUT2D eigenvalue weighted by molar-refractivity contribution is 0.572. The van der Waals surface area contributed by atoms with Crippen LogP contribution in [0.3, 0.4) is 0 Å². The molecule has 1 rings (SSSR count). The molecule has 1 aromatic carbocycles. The largest absolute Gasteiger partial charge is 0.206 e. The first kappa shape index (κ1) is 8.67. The molecule has 1 aromatic rings. The zero-order valence-electron chi connectivity index (χ0n) is 5.14. The standard InChI is InChI=1S/C6H2BrF2NS/c7-6-4(8)1-3(10-11)2-5(6)9/h1-2H. The molecule has 11 heavy (non-hydrogen) atoms. The van der Waals surface area contributed by atoms with Crippen molar-refractivity contribution in [2.24, 2.45) is 4.36 Å². The van der Waals surface area contributed by atoms with Gasteiger partial charge < -0.3 is 0 Å². The fourth-order valence-corrected chi connectivity index (χ4v) is 0.929. The minimum Gasteiger partial charge on any atom is -0.206 e. The number of nitrogens with zero attached hydrogens (tertiary/aromatic N) is 1. The molecule has 0 atom stereocenters. The van der Waals surface area contributed by atoms with Crippen LogP contribution in [0.25, 0.3) is 0 Å². The Hall–Kier alpha value is -0.420. The Morgan fingerprint density at radius 1 is 1.27 bits per heavy atom. The van der Waals surface area contributed by atoms with Crippen molar-refractivity contribution in [3.05, 3.63) is 28.2 Å². The molecule has 58 valence electrons. The SMILES string of the molecule is Fc1cc(N=S)cc(F)c1Br. The molecule has 0 bridgehead atoms.